The summed E-state index contributed by atoms with van der Waals surface area (Å²) in [6.07, 6.45) is 5.39. The number of anilines is 1. The van der Waals surface area contributed by atoms with Gasteiger partial charge in [-0.05, 0) is 84.7 Å². The fourth-order valence-corrected chi connectivity index (χ4v) is 2.95. The van der Waals surface area contributed by atoms with E-state index in [0.717, 1.165) is 21.0 Å². The van der Waals surface area contributed by atoms with Crippen LogP contribution in [-0.4, -0.2) is 6.10 Å². The van der Waals surface area contributed by atoms with Crippen molar-refractivity contribution in [1.29, 1.82) is 0 Å². The Morgan fingerprint density at radius 1 is 1.10 bits per heavy atom. The Morgan fingerprint density at radius 3 is 2.50 bits per heavy atom. The monoisotopic (exact) mass is 383 g/mol. The molecule has 0 unspecified atom stereocenters. The number of benzene rings is 1. The molecule has 1 aliphatic rings. The lowest BCUT2D eigenvalue weighted by Gasteiger charge is -2.13. The molecule has 0 saturated heterocycles. The lowest BCUT2D eigenvalue weighted by Crippen LogP contribution is -2.10. The lowest BCUT2D eigenvalue weighted by molar-refractivity contribution is 0.210. The minimum absolute atomic E-state index is 0.416. The maximum absolute atomic E-state index is 5.95. The lowest BCUT2D eigenvalue weighted by atomic mass is 10.2. The van der Waals surface area contributed by atoms with Gasteiger partial charge in [0.1, 0.15) is 11.5 Å². The molecule has 2 aromatic rings. The molecule has 1 N–H and O–H groups in total. The van der Waals surface area contributed by atoms with Crippen LogP contribution in [0.5, 0.6) is 5.75 Å². The first kappa shape index (κ1) is 13.8. The van der Waals surface area contributed by atoms with Crippen molar-refractivity contribution < 1.29 is 9.15 Å². The van der Waals surface area contributed by atoms with Crippen molar-refractivity contribution in [2.24, 2.45) is 0 Å². The zero-order valence-corrected chi connectivity index (χ0v) is 13.4. The highest BCUT2D eigenvalue weighted by Gasteiger charge is 2.16. The minimum atomic E-state index is 0.416. The van der Waals surface area contributed by atoms with Crippen molar-refractivity contribution in [3.8, 4) is 5.75 Å². The van der Waals surface area contributed by atoms with Gasteiger partial charge >= 0.3 is 0 Å². The van der Waals surface area contributed by atoms with Crippen molar-refractivity contribution in [1.82, 2.24) is 0 Å². The number of hydrogen-bond acceptors (Lipinski definition) is 3. The zero-order valence-electron chi connectivity index (χ0n) is 11.3. The second-order valence-corrected chi connectivity index (χ2v) is 6.17. The summed E-state index contributed by atoms with van der Waals surface area (Å²) in [5.41, 5.74) is 1.08. The standard InChI is InChI=1S/C16H18INO2/c17-16-10-9-15(20-16)11-18-12-5-7-14(8-6-12)19-13-3-1-2-4-13/h5-10,13,18H,1-4,11H2. The van der Waals surface area contributed by atoms with Crippen LogP contribution in [0.2, 0.25) is 0 Å². The Labute approximate surface area is 132 Å². The molecular formula is C16H18INO2. The van der Waals surface area contributed by atoms with Crippen LogP contribution in [0.25, 0.3) is 0 Å². The summed E-state index contributed by atoms with van der Waals surface area (Å²) in [6, 6.07) is 12.1. The average Bonchev–Trinajstić information content (AvgIpc) is 3.10. The van der Waals surface area contributed by atoms with E-state index in [-0.39, 0.29) is 0 Å². The fraction of sp³-hybridized carbons (Fsp3) is 0.375. The molecule has 1 aromatic carbocycles. The van der Waals surface area contributed by atoms with E-state index < -0.39 is 0 Å². The molecule has 106 valence electrons. The summed E-state index contributed by atoms with van der Waals surface area (Å²) >= 11 is 2.17. The fourth-order valence-electron chi connectivity index (χ4n) is 2.49. The van der Waals surface area contributed by atoms with Crippen LogP contribution in [0.1, 0.15) is 31.4 Å². The van der Waals surface area contributed by atoms with Crippen molar-refractivity contribution in [3.63, 3.8) is 0 Å². The van der Waals surface area contributed by atoms with Crippen molar-refractivity contribution in [2.75, 3.05) is 5.32 Å². The normalized spacial score (nSPS) is 15.4. The van der Waals surface area contributed by atoms with Gasteiger partial charge in [-0.3, -0.25) is 0 Å². The molecule has 0 amide bonds. The predicted octanol–water partition coefficient (Wildman–Crippen LogP) is 4.82. The summed E-state index contributed by atoms with van der Waals surface area (Å²) in [6.45, 7) is 0.700. The summed E-state index contributed by atoms with van der Waals surface area (Å²) < 4.78 is 12.4. The zero-order chi connectivity index (χ0) is 13.8. The van der Waals surface area contributed by atoms with Gasteiger partial charge in [-0.2, -0.15) is 0 Å². The molecule has 4 heteroatoms. The molecule has 0 radical (unpaired) electrons. The third kappa shape index (κ3) is 3.69. The second kappa shape index (κ2) is 6.52. The molecule has 20 heavy (non-hydrogen) atoms. The summed E-state index contributed by atoms with van der Waals surface area (Å²) in [5, 5.41) is 3.34. The van der Waals surface area contributed by atoms with E-state index >= 15 is 0 Å². The van der Waals surface area contributed by atoms with Crippen molar-refractivity contribution in [2.45, 2.75) is 38.3 Å². The van der Waals surface area contributed by atoms with Crippen LogP contribution >= 0.6 is 22.6 Å². The third-order valence-corrected chi connectivity index (χ3v) is 4.13. The molecule has 1 saturated carbocycles. The smallest absolute Gasteiger partial charge is 0.164 e. The van der Waals surface area contributed by atoms with Gasteiger partial charge in [0, 0.05) is 5.69 Å². The maximum Gasteiger partial charge on any atom is 0.164 e. The molecule has 0 atom stereocenters. The van der Waals surface area contributed by atoms with Gasteiger partial charge < -0.3 is 14.5 Å². The molecule has 3 nitrogen and oxygen atoms in total. The average molecular weight is 383 g/mol. The minimum Gasteiger partial charge on any atom is -0.490 e. The van der Waals surface area contributed by atoms with Crippen LogP contribution in [0.3, 0.4) is 0 Å². The largest absolute Gasteiger partial charge is 0.490 e. The Hall–Kier alpha value is -1.17. The molecule has 3 rings (SSSR count). The molecule has 1 aromatic heterocycles. The first-order valence-electron chi connectivity index (χ1n) is 7.04. The van der Waals surface area contributed by atoms with Crippen LogP contribution in [0.15, 0.2) is 40.8 Å². The Balaban J connectivity index is 1.52. The maximum atomic E-state index is 5.95. The quantitative estimate of drug-likeness (QED) is 0.752. The van der Waals surface area contributed by atoms with E-state index in [1.54, 1.807) is 0 Å². The Kier molecular flexibility index (Phi) is 4.50. The summed E-state index contributed by atoms with van der Waals surface area (Å²) in [5.74, 6) is 1.91. The highest BCUT2D eigenvalue weighted by molar-refractivity contribution is 14.1. The van der Waals surface area contributed by atoms with E-state index in [2.05, 4.69) is 40.0 Å². The highest BCUT2D eigenvalue weighted by atomic mass is 127. The van der Waals surface area contributed by atoms with E-state index in [1.165, 1.54) is 25.7 Å². The van der Waals surface area contributed by atoms with Gasteiger partial charge in [-0.1, -0.05) is 0 Å². The highest BCUT2D eigenvalue weighted by Crippen LogP contribution is 2.25. The number of nitrogens with one attached hydrogen (secondary N) is 1. The molecule has 0 spiro atoms. The van der Waals surface area contributed by atoms with Gasteiger partial charge in [-0.15, -0.1) is 0 Å². The first-order chi connectivity index (χ1) is 9.79. The number of ether oxygens (including phenoxy) is 1. The molecule has 0 bridgehead atoms. The molecular weight excluding hydrogens is 365 g/mol. The van der Waals surface area contributed by atoms with Gasteiger partial charge in [0.05, 0.1) is 12.6 Å². The number of rotatable bonds is 5. The second-order valence-electron chi connectivity index (χ2n) is 5.11. The Bertz CT molecular complexity index is 544. The molecule has 1 fully saturated rings. The number of furan rings is 1. The summed E-state index contributed by atoms with van der Waals surface area (Å²) in [4.78, 5) is 0. The molecule has 1 heterocycles. The van der Waals surface area contributed by atoms with Crippen molar-refractivity contribution >= 4 is 28.3 Å². The van der Waals surface area contributed by atoms with Crippen LogP contribution in [0.4, 0.5) is 5.69 Å². The topological polar surface area (TPSA) is 34.4 Å². The van der Waals surface area contributed by atoms with E-state index in [1.807, 2.05) is 24.3 Å². The van der Waals surface area contributed by atoms with E-state index in [9.17, 15) is 0 Å². The molecule has 0 aliphatic heterocycles. The summed E-state index contributed by atoms with van der Waals surface area (Å²) in [7, 11) is 0. The van der Waals surface area contributed by atoms with Crippen LogP contribution in [0, 0.1) is 3.77 Å². The van der Waals surface area contributed by atoms with Gasteiger partial charge in [0.2, 0.25) is 0 Å². The van der Waals surface area contributed by atoms with Gasteiger partial charge in [0.25, 0.3) is 0 Å². The number of halogens is 1. The Morgan fingerprint density at radius 2 is 1.85 bits per heavy atom. The molecule has 1 aliphatic carbocycles. The first-order valence-corrected chi connectivity index (χ1v) is 8.12. The third-order valence-electron chi connectivity index (χ3n) is 3.55. The number of hydrogen-bond donors (Lipinski definition) is 1. The van der Waals surface area contributed by atoms with E-state index in [4.69, 9.17) is 9.15 Å². The predicted molar refractivity (Wildman–Crippen MR) is 88.1 cm³/mol. The SMILES string of the molecule is Ic1ccc(CNc2ccc(OC3CCCC3)cc2)o1. The van der Waals surface area contributed by atoms with Gasteiger partial charge in [0.15, 0.2) is 3.77 Å². The van der Waals surface area contributed by atoms with Crippen LogP contribution in [-0.2, 0) is 6.54 Å². The van der Waals surface area contributed by atoms with Crippen molar-refractivity contribution in [3.05, 3.63) is 45.9 Å². The van der Waals surface area contributed by atoms with Gasteiger partial charge in [-0.25, -0.2) is 0 Å². The van der Waals surface area contributed by atoms with Crippen LogP contribution < -0.4 is 10.1 Å². The van der Waals surface area contributed by atoms with E-state index in [0.29, 0.717) is 12.6 Å².